The zero-order valence-electron chi connectivity index (χ0n) is 18.7. The third-order valence-electron chi connectivity index (χ3n) is 5.62. The number of hydrogen-bond donors (Lipinski definition) is 1. The number of carbonyl (C=O) groups is 1. The van der Waals surface area contributed by atoms with Crippen LogP contribution in [0, 0.1) is 6.92 Å². The molecule has 3 aromatic rings. The molecular formula is C22H26N6O4S. The molecule has 0 atom stereocenters. The molecule has 0 radical (unpaired) electrons. The SMILES string of the molecule is COc1cccc(-n2nnc(C(=O)Nc3ccc(S(=O)(=O)N4CCN(C)CC4)cc3)c2C)c1. The summed E-state index contributed by atoms with van der Waals surface area (Å²) in [5, 5.41) is 10.9. The minimum Gasteiger partial charge on any atom is -0.497 e. The average molecular weight is 471 g/mol. The van der Waals surface area contributed by atoms with Gasteiger partial charge in [-0.25, -0.2) is 13.1 Å². The van der Waals surface area contributed by atoms with Crippen molar-refractivity contribution in [2.45, 2.75) is 11.8 Å². The number of ether oxygens (including phenoxy) is 1. The van der Waals surface area contributed by atoms with E-state index in [0.29, 0.717) is 43.3 Å². The second kappa shape index (κ2) is 9.30. The molecular weight excluding hydrogens is 444 g/mol. The molecule has 0 saturated carbocycles. The van der Waals surface area contributed by atoms with Crippen molar-refractivity contribution >= 4 is 21.6 Å². The second-order valence-corrected chi connectivity index (χ2v) is 9.76. The third-order valence-corrected chi connectivity index (χ3v) is 7.53. The number of sulfonamides is 1. The Morgan fingerprint density at radius 1 is 1.06 bits per heavy atom. The minimum atomic E-state index is -3.56. The number of methoxy groups -OCH3 is 1. The summed E-state index contributed by atoms with van der Waals surface area (Å²) in [5.74, 6) is 0.233. The van der Waals surface area contributed by atoms with Gasteiger partial charge in [0.2, 0.25) is 10.0 Å². The maximum atomic E-state index is 12.9. The van der Waals surface area contributed by atoms with Gasteiger partial charge in [0.1, 0.15) is 5.75 Å². The normalized spacial score (nSPS) is 15.4. The Balaban J connectivity index is 1.48. The van der Waals surface area contributed by atoms with Crippen molar-refractivity contribution in [2.75, 3.05) is 45.7 Å². The van der Waals surface area contributed by atoms with Crippen LogP contribution >= 0.6 is 0 Å². The molecule has 10 nitrogen and oxygen atoms in total. The molecule has 1 amide bonds. The predicted molar refractivity (Wildman–Crippen MR) is 123 cm³/mol. The van der Waals surface area contributed by atoms with Gasteiger partial charge in [0.15, 0.2) is 5.69 Å². The van der Waals surface area contributed by atoms with Crippen molar-refractivity contribution in [3.63, 3.8) is 0 Å². The number of nitrogens with zero attached hydrogens (tertiary/aromatic N) is 5. The summed E-state index contributed by atoms with van der Waals surface area (Å²) in [6.45, 7) is 4.06. The minimum absolute atomic E-state index is 0.173. The van der Waals surface area contributed by atoms with Crippen LogP contribution in [0.1, 0.15) is 16.2 Å². The molecule has 2 heterocycles. The molecule has 2 aromatic carbocycles. The van der Waals surface area contributed by atoms with Crippen molar-refractivity contribution in [1.82, 2.24) is 24.2 Å². The van der Waals surface area contributed by atoms with Crippen molar-refractivity contribution in [1.29, 1.82) is 0 Å². The van der Waals surface area contributed by atoms with Gasteiger partial charge in [-0.15, -0.1) is 5.10 Å². The van der Waals surface area contributed by atoms with Gasteiger partial charge in [-0.1, -0.05) is 11.3 Å². The monoisotopic (exact) mass is 470 g/mol. The first kappa shape index (κ1) is 22.9. The van der Waals surface area contributed by atoms with Crippen LogP contribution in [0.4, 0.5) is 5.69 Å². The van der Waals surface area contributed by atoms with Crippen molar-refractivity contribution < 1.29 is 17.9 Å². The van der Waals surface area contributed by atoms with Crippen molar-refractivity contribution in [2.24, 2.45) is 0 Å². The summed E-state index contributed by atoms with van der Waals surface area (Å²) in [6.07, 6.45) is 0. The smallest absolute Gasteiger partial charge is 0.278 e. The lowest BCUT2D eigenvalue weighted by molar-refractivity contribution is 0.102. The number of amides is 1. The quantitative estimate of drug-likeness (QED) is 0.585. The molecule has 1 aliphatic rings. The number of hydrogen-bond acceptors (Lipinski definition) is 7. The second-order valence-electron chi connectivity index (χ2n) is 7.82. The molecule has 0 spiro atoms. The van der Waals surface area contributed by atoms with Gasteiger partial charge in [-0.2, -0.15) is 4.31 Å². The first-order valence-electron chi connectivity index (χ1n) is 10.5. The van der Waals surface area contributed by atoms with E-state index in [1.807, 2.05) is 25.2 Å². The summed E-state index contributed by atoms with van der Waals surface area (Å²) in [7, 11) is -0.0167. The Hall–Kier alpha value is -3.28. The maximum Gasteiger partial charge on any atom is 0.278 e. The zero-order valence-corrected chi connectivity index (χ0v) is 19.5. The number of benzene rings is 2. The van der Waals surface area contributed by atoms with Crippen LogP contribution in [0.5, 0.6) is 5.75 Å². The molecule has 0 bridgehead atoms. The first-order chi connectivity index (χ1) is 15.8. The molecule has 0 aliphatic carbocycles. The summed E-state index contributed by atoms with van der Waals surface area (Å²) in [5.41, 5.74) is 1.92. The van der Waals surface area contributed by atoms with Gasteiger partial charge in [0.05, 0.1) is 23.4 Å². The molecule has 33 heavy (non-hydrogen) atoms. The Kier molecular flexibility index (Phi) is 6.45. The van der Waals surface area contributed by atoms with Gasteiger partial charge in [-0.05, 0) is 50.4 Å². The first-order valence-corrected chi connectivity index (χ1v) is 11.9. The van der Waals surface area contributed by atoms with Gasteiger partial charge in [0, 0.05) is 37.9 Å². The Bertz CT molecular complexity index is 1250. The van der Waals surface area contributed by atoms with Crippen LogP contribution < -0.4 is 10.1 Å². The van der Waals surface area contributed by atoms with Crippen LogP contribution in [-0.4, -0.2) is 78.9 Å². The number of rotatable bonds is 6. The molecule has 1 fully saturated rings. The highest BCUT2D eigenvalue weighted by Gasteiger charge is 2.27. The molecule has 1 N–H and O–H groups in total. The molecule has 1 saturated heterocycles. The van der Waals surface area contributed by atoms with Gasteiger partial charge >= 0.3 is 0 Å². The van der Waals surface area contributed by atoms with E-state index in [9.17, 15) is 13.2 Å². The standard InChI is InChI=1S/C22H26N6O4S/c1-16-21(24-25-28(16)18-5-4-6-19(15-18)32-3)22(29)23-17-7-9-20(10-8-17)33(30,31)27-13-11-26(2)12-14-27/h4-10,15H,11-14H2,1-3H3,(H,23,29). The lowest BCUT2D eigenvalue weighted by Crippen LogP contribution is -2.46. The Morgan fingerprint density at radius 2 is 1.76 bits per heavy atom. The van der Waals surface area contributed by atoms with Crippen LogP contribution in [-0.2, 0) is 10.0 Å². The Labute approximate surface area is 192 Å². The van der Waals surface area contributed by atoms with E-state index in [1.54, 1.807) is 36.9 Å². The predicted octanol–water partition coefficient (Wildman–Crippen LogP) is 1.77. The average Bonchev–Trinajstić information content (AvgIpc) is 3.21. The van der Waals surface area contributed by atoms with Crippen molar-refractivity contribution in [3.05, 3.63) is 59.9 Å². The fraction of sp³-hybridized carbons (Fsp3) is 0.318. The summed E-state index contributed by atoms with van der Waals surface area (Å²) in [6, 6.07) is 13.4. The highest BCUT2D eigenvalue weighted by molar-refractivity contribution is 7.89. The Morgan fingerprint density at radius 3 is 2.42 bits per heavy atom. The number of piperazine rings is 1. The number of anilines is 1. The van der Waals surface area contributed by atoms with Crippen LogP contribution in [0.15, 0.2) is 53.4 Å². The summed E-state index contributed by atoms with van der Waals surface area (Å²) in [4.78, 5) is 15.1. The highest BCUT2D eigenvalue weighted by Crippen LogP contribution is 2.21. The molecule has 174 valence electrons. The molecule has 0 unspecified atom stereocenters. The fourth-order valence-corrected chi connectivity index (χ4v) is 5.03. The van der Waals surface area contributed by atoms with Crippen LogP contribution in [0.2, 0.25) is 0 Å². The molecule has 1 aromatic heterocycles. The number of aromatic nitrogens is 3. The number of carbonyl (C=O) groups excluding carboxylic acids is 1. The van der Waals surface area contributed by atoms with Gasteiger partial charge in [0.25, 0.3) is 5.91 Å². The van der Waals surface area contributed by atoms with E-state index >= 15 is 0 Å². The number of likely N-dealkylation sites (N-methyl/N-ethyl adjacent to an activating group) is 1. The van der Waals surface area contributed by atoms with E-state index in [-0.39, 0.29) is 10.6 Å². The summed E-state index contributed by atoms with van der Waals surface area (Å²) < 4.78 is 34.0. The summed E-state index contributed by atoms with van der Waals surface area (Å²) >= 11 is 0. The maximum absolute atomic E-state index is 12.9. The van der Waals surface area contributed by atoms with E-state index in [1.165, 1.54) is 16.4 Å². The van der Waals surface area contributed by atoms with E-state index < -0.39 is 15.9 Å². The highest BCUT2D eigenvalue weighted by atomic mass is 32.2. The van der Waals surface area contributed by atoms with E-state index in [0.717, 1.165) is 5.69 Å². The van der Waals surface area contributed by atoms with Crippen LogP contribution in [0.25, 0.3) is 5.69 Å². The fourth-order valence-electron chi connectivity index (χ4n) is 3.60. The topological polar surface area (TPSA) is 110 Å². The lowest BCUT2D eigenvalue weighted by atomic mass is 10.2. The van der Waals surface area contributed by atoms with E-state index in [4.69, 9.17) is 4.74 Å². The lowest BCUT2D eigenvalue weighted by Gasteiger charge is -2.31. The van der Waals surface area contributed by atoms with Gasteiger partial charge < -0.3 is 15.0 Å². The van der Waals surface area contributed by atoms with Gasteiger partial charge in [-0.3, -0.25) is 4.79 Å². The molecule has 11 heteroatoms. The molecule has 1 aliphatic heterocycles. The number of nitrogens with one attached hydrogen (secondary N) is 1. The zero-order chi connectivity index (χ0) is 23.6. The molecule has 4 rings (SSSR count). The largest absolute Gasteiger partial charge is 0.497 e. The van der Waals surface area contributed by atoms with Crippen LogP contribution in [0.3, 0.4) is 0 Å². The third kappa shape index (κ3) is 4.75. The van der Waals surface area contributed by atoms with E-state index in [2.05, 4.69) is 20.5 Å². The van der Waals surface area contributed by atoms with Crippen molar-refractivity contribution in [3.8, 4) is 11.4 Å².